The molecule has 0 aliphatic heterocycles. The lowest BCUT2D eigenvalue weighted by Gasteiger charge is -1.95. The normalized spacial score (nSPS) is 10.8. The van der Waals surface area contributed by atoms with Gasteiger partial charge in [-0.2, -0.15) is 0 Å². The number of imidazole rings is 1. The van der Waals surface area contributed by atoms with Crippen LogP contribution in [0.5, 0.6) is 0 Å². The Morgan fingerprint density at radius 3 is 3.12 bits per heavy atom. The lowest BCUT2D eigenvalue weighted by atomic mass is 10.2. The van der Waals surface area contributed by atoms with Crippen LogP contribution >= 0.6 is 11.8 Å². The molecule has 0 saturated heterocycles. The highest BCUT2D eigenvalue weighted by atomic mass is 32.2. The van der Waals surface area contributed by atoms with Crippen LogP contribution in [0.25, 0.3) is 11.0 Å². The van der Waals surface area contributed by atoms with E-state index in [1.807, 2.05) is 12.1 Å². The van der Waals surface area contributed by atoms with Gasteiger partial charge in [-0.05, 0) is 24.6 Å². The average Bonchev–Trinajstić information content (AvgIpc) is 2.58. The van der Waals surface area contributed by atoms with Crippen molar-refractivity contribution in [2.24, 2.45) is 5.73 Å². The molecule has 2 aromatic rings. The van der Waals surface area contributed by atoms with E-state index in [1.54, 1.807) is 11.8 Å². The molecule has 84 valence electrons. The van der Waals surface area contributed by atoms with Gasteiger partial charge in [0, 0.05) is 12.2 Å². The molecule has 0 radical (unpaired) electrons. The predicted molar refractivity (Wildman–Crippen MR) is 68.1 cm³/mol. The number of fused-ring (bicyclic) bond motifs is 1. The van der Waals surface area contributed by atoms with Gasteiger partial charge in [0.05, 0.1) is 16.9 Å². The van der Waals surface area contributed by atoms with Crippen molar-refractivity contribution < 1.29 is 0 Å². The number of rotatable bonds is 4. The number of aryl methyl sites for hydroxylation is 1. The lowest BCUT2D eigenvalue weighted by molar-refractivity contribution is 1.07. The second kappa shape index (κ2) is 4.57. The van der Waals surface area contributed by atoms with Crippen LogP contribution in [0.3, 0.4) is 0 Å². The Morgan fingerprint density at radius 1 is 1.56 bits per heavy atom. The topological polar surface area (TPSA) is 78.6 Å². The van der Waals surface area contributed by atoms with E-state index in [4.69, 9.17) is 11.1 Å². The zero-order valence-corrected chi connectivity index (χ0v) is 9.90. The van der Waals surface area contributed by atoms with Gasteiger partial charge >= 0.3 is 0 Å². The Bertz CT molecular complexity index is 518. The Kier molecular flexibility index (Phi) is 3.14. The molecular weight excluding hydrogens is 220 g/mol. The van der Waals surface area contributed by atoms with Crippen molar-refractivity contribution in [3.63, 3.8) is 0 Å². The molecule has 0 aliphatic carbocycles. The van der Waals surface area contributed by atoms with Crippen molar-refractivity contribution in [3.05, 3.63) is 23.8 Å². The van der Waals surface area contributed by atoms with Gasteiger partial charge in [-0.25, -0.2) is 4.98 Å². The van der Waals surface area contributed by atoms with Crippen molar-refractivity contribution in [1.29, 1.82) is 5.41 Å². The molecule has 0 unspecified atom stereocenters. The maximum atomic E-state index is 7.13. The van der Waals surface area contributed by atoms with Crippen molar-refractivity contribution in [2.75, 3.05) is 5.75 Å². The summed E-state index contributed by atoms with van der Waals surface area (Å²) < 4.78 is 0. The van der Waals surface area contributed by atoms with E-state index in [1.165, 1.54) is 5.56 Å². The van der Waals surface area contributed by atoms with Crippen LogP contribution < -0.4 is 5.73 Å². The smallest absolute Gasteiger partial charge is 0.166 e. The number of aromatic nitrogens is 2. The third-order valence-corrected chi connectivity index (χ3v) is 3.10. The standard InChI is InChI=1S/C11H14N4S/c1-7-2-3-8-9(6-7)15-11(14-8)16-5-4-10(12)13/h2-3,6H,4-5H2,1H3,(H3,12,13)(H,14,15). The van der Waals surface area contributed by atoms with E-state index >= 15 is 0 Å². The highest BCUT2D eigenvalue weighted by Crippen LogP contribution is 2.20. The molecule has 0 spiro atoms. The molecular formula is C11H14N4S. The summed E-state index contributed by atoms with van der Waals surface area (Å²) in [5.74, 6) is 1.01. The van der Waals surface area contributed by atoms with Gasteiger partial charge in [0.1, 0.15) is 0 Å². The van der Waals surface area contributed by atoms with E-state index in [0.717, 1.165) is 21.9 Å². The third kappa shape index (κ3) is 2.55. The van der Waals surface area contributed by atoms with Gasteiger partial charge < -0.3 is 10.7 Å². The quantitative estimate of drug-likeness (QED) is 0.431. The first-order valence-electron chi connectivity index (χ1n) is 5.07. The zero-order valence-electron chi connectivity index (χ0n) is 9.08. The lowest BCUT2D eigenvalue weighted by Crippen LogP contribution is -2.09. The molecule has 2 rings (SSSR count). The van der Waals surface area contributed by atoms with Gasteiger partial charge in [0.15, 0.2) is 5.16 Å². The minimum atomic E-state index is 0.222. The van der Waals surface area contributed by atoms with Crippen LogP contribution in [0.15, 0.2) is 23.4 Å². The Balaban J connectivity index is 2.10. The second-order valence-electron chi connectivity index (χ2n) is 3.69. The number of hydrogen-bond donors (Lipinski definition) is 3. The summed E-state index contributed by atoms with van der Waals surface area (Å²) in [5, 5.41) is 8.02. The molecule has 1 aromatic heterocycles. The summed E-state index contributed by atoms with van der Waals surface area (Å²) in [5.41, 5.74) is 8.55. The molecule has 5 heteroatoms. The molecule has 1 aromatic carbocycles. The molecule has 0 fully saturated rings. The number of nitrogens with zero attached hydrogens (tertiary/aromatic N) is 1. The zero-order chi connectivity index (χ0) is 11.5. The number of H-pyrrole nitrogens is 1. The largest absolute Gasteiger partial charge is 0.388 e. The first-order valence-corrected chi connectivity index (χ1v) is 6.06. The monoisotopic (exact) mass is 234 g/mol. The summed E-state index contributed by atoms with van der Waals surface area (Å²) >= 11 is 1.59. The summed E-state index contributed by atoms with van der Waals surface area (Å²) in [4.78, 5) is 7.70. The highest BCUT2D eigenvalue weighted by molar-refractivity contribution is 7.99. The average molecular weight is 234 g/mol. The third-order valence-electron chi connectivity index (χ3n) is 2.23. The number of nitrogens with one attached hydrogen (secondary N) is 2. The van der Waals surface area contributed by atoms with Crippen LogP contribution in [0, 0.1) is 12.3 Å². The van der Waals surface area contributed by atoms with Gasteiger partial charge in [0.25, 0.3) is 0 Å². The maximum Gasteiger partial charge on any atom is 0.166 e. The summed E-state index contributed by atoms with van der Waals surface area (Å²) in [7, 11) is 0. The van der Waals surface area contributed by atoms with Crippen LogP contribution in [-0.2, 0) is 0 Å². The molecule has 0 bridgehead atoms. The van der Waals surface area contributed by atoms with E-state index in [0.29, 0.717) is 6.42 Å². The van der Waals surface area contributed by atoms with Crippen molar-refractivity contribution in [1.82, 2.24) is 9.97 Å². The fraction of sp³-hybridized carbons (Fsp3) is 0.273. The van der Waals surface area contributed by atoms with Crippen molar-refractivity contribution >= 4 is 28.6 Å². The number of hydrogen-bond acceptors (Lipinski definition) is 3. The van der Waals surface area contributed by atoms with E-state index in [9.17, 15) is 0 Å². The Morgan fingerprint density at radius 2 is 2.38 bits per heavy atom. The van der Waals surface area contributed by atoms with Crippen LogP contribution in [-0.4, -0.2) is 21.6 Å². The molecule has 0 aliphatic rings. The highest BCUT2D eigenvalue weighted by Gasteiger charge is 2.03. The molecule has 0 atom stereocenters. The SMILES string of the molecule is Cc1ccc2nc(SCCC(=N)N)[nH]c2c1. The summed E-state index contributed by atoms with van der Waals surface area (Å²) in [6.07, 6.45) is 0.598. The number of amidine groups is 1. The molecule has 4 N–H and O–H groups in total. The van der Waals surface area contributed by atoms with Gasteiger partial charge in [0.2, 0.25) is 0 Å². The molecule has 16 heavy (non-hydrogen) atoms. The number of benzene rings is 1. The Hall–Kier alpha value is -1.49. The van der Waals surface area contributed by atoms with Gasteiger partial charge in [-0.1, -0.05) is 17.8 Å². The van der Waals surface area contributed by atoms with Gasteiger partial charge in [-0.15, -0.1) is 0 Å². The first kappa shape index (κ1) is 11.0. The summed E-state index contributed by atoms with van der Waals surface area (Å²) in [6.45, 7) is 2.06. The van der Waals surface area contributed by atoms with Gasteiger partial charge in [-0.3, -0.25) is 5.41 Å². The first-order chi connectivity index (χ1) is 7.65. The van der Waals surface area contributed by atoms with Crippen LogP contribution in [0.4, 0.5) is 0 Å². The van der Waals surface area contributed by atoms with Crippen molar-refractivity contribution in [2.45, 2.75) is 18.5 Å². The fourth-order valence-corrected chi connectivity index (χ4v) is 2.29. The maximum absolute atomic E-state index is 7.13. The molecule has 0 saturated carbocycles. The second-order valence-corrected chi connectivity index (χ2v) is 4.77. The number of nitrogens with two attached hydrogens (primary N) is 1. The van der Waals surface area contributed by atoms with Crippen LogP contribution in [0.1, 0.15) is 12.0 Å². The minimum Gasteiger partial charge on any atom is -0.388 e. The number of thioether (sulfide) groups is 1. The van der Waals surface area contributed by atoms with E-state index in [-0.39, 0.29) is 5.84 Å². The Labute approximate surface area is 98.1 Å². The van der Waals surface area contributed by atoms with Crippen LogP contribution in [0.2, 0.25) is 0 Å². The van der Waals surface area contributed by atoms with E-state index < -0.39 is 0 Å². The molecule has 0 amide bonds. The number of aromatic amines is 1. The molecule has 1 heterocycles. The van der Waals surface area contributed by atoms with Crippen molar-refractivity contribution in [3.8, 4) is 0 Å². The predicted octanol–water partition coefficient (Wildman–Crippen LogP) is 2.29. The fourth-order valence-electron chi connectivity index (χ4n) is 1.43. The van der Waals surface area contributed by atoms with E-state index in [2.05, 4.69) is 23.0 Å². The summed E-state index contributed by atoms with van der Waals surface area (Å²) in [6, 6.07) is 6.14. The molecule has 4 nitrogen and oxygen atoms in total. The minimum absolute atomic E-state index is 0.222.